The van der Waals surface area contributed by atoms with Crippen molar-refractivity contribution in [2.75, 3.05) is 4.90 Å². The number of hydrogen-bond acceptors (Lipinski definition) is 4. The van der Waals surface area contributed by atoms with E-state index in [4.69, 9.17) is 0 Å². The predicted molar refractivity (Wildman–Crippen MR) is 124 cm³/mol. The van der Waals surface area contributed by atoms with Crippen LogP contribution in [0.4, 0.5) is 5.69 Å². The van der Waals surface area contributed by atoms with Crippen LogP contribution in [0.25, 0.3) is 0 Å². The lowest BCUT2D eigenvalue weighted by Gasteiger charge is -2.36. The van der Waals surface area contributed by atoms with Gasteiger partial charge in [0.1, 0.15) is 4.88 Å². The zero-order valence-electron chi connectivity index (χ0n) is 18.4. The normalized spacial score (nSPS) is 18.7. The van der Waals surface area contributed by atoms with E-state index in [0.29, 0.717) is 41.8 Å². The Kier molecular flexibility index (Phi) is 6.88. The number of nitrogens with zero attached hydrogens (tertiary/aromatic N) is 1. The van der Waals surface area contributed by atoms with Crippen LogP contribution in [0.1, 0.15) is 76.9 Å². The molecule has 0 atom stereocenters. The van der Waals surface area contributed by atoms with Gasteiger partial charge in [-0.05, 0) is 71.1 Å². The Morgan fingerprint density at radius 1 is 1.13 bits per heavy atom. The van der Waals surface area contributed by atoms with Crippen LogP contribution in [0, 0.1) is 24.2 Å². The molecule has 1 fully saturated rings. The highest BCUT2D eigenvalue weighted by molar-refractivity contribution is 7.15. The maximum atomic E-state index is 13.7. The van der Waals surface area contributed by atoms with Crippen LogP contribution in [-0.2, 0) is 0 Å². The number of aromatic carboxylic acids is 1. The van der Waals surface area contributed by atoms with E-state index < -0.39 is 5.97 Å². The van der Waals surface area contributed by atoms with Crippen LogP contribution in [0.15, 0.2) is 30.3 Å². The van der Waals surface area contributed by atoms with E-state index in [1.165, 1.54) is 0 Å². The molecular formula is C25H29NO4S. The van der Waals surface area contributed by atoms with E-state index in [9.17, 15) is 19.8 Å². The second-order valence-electron chi connectivity index (χ2n) is 9.08. The minimum Gasteiger partial charge on any atom is -0.477 e. The van der Waals surface area contributed by atoms with E-state index >= 15 is 0 Å². The van der Waals surface area contributed by atoms with Gasteiger partial charge in [0, 0.05) is 17.0 Å². The van der Waals surface area contributed by atoms with Crippen LogP contribution in [-0.4, -0.2) is 34.2 Å². The molecule has 0 aliphatic heterocycles. The Labute approximate surface area is 187 Å². The molecule has 1 aliphatic rings. The second kappa shape index (κ2) is 9.25. The summed E-state index contributed by atoms with van der Waals surface area (Å²) in [5.74, 6) is 4.95. The van der Waals surface area contributed by atoms with Gasteiger partial charge in [-0.3, -0.25) is 4.79 Å². The molecule has 0 saturated heterocycles. The molecule has 1 aliphatic carbocycles. The number of aryl methyl sites for hydroxylation is 1. The summed E-state index contributed by atoms with van der Waals surface area (Å²) < 4.78 is 0. The summed E-state index contributed by atoms with van der Waals surface area (Å²) in [5.41, 5.74) is 1.57. The van der Waals surface area contributed by atoms with Gasteiger partial charge < -0.3 is 15.1 Å². The Hall–Kier alpha value is -2.62. The van der Waals surface area contributed by atoms with Crippen molar-refractivity contribution in [1.82, 2.24) is 0 Å². The number of carboxylic acid groups (broad SMARTS) is 1. The van der Waals surface area contributed by atoms with Gasteiger partial charge in [0.15, 0.2) is 0 Å². The Morgan fingerprint density at radius 2 is 1.77 bits per heavy atom. The fraction of sp³-hybridized carbons (Fsp3) is 0.440. The van der Waals surface area contributed by atoms with Crippen LogP contribution in [0.5, 0.6) is 0 Å². The number of amides is 1. The molecule has 0 bridgehead atoms. The molecule has 1 heterocycles. The fourth-order valence-electron chi connectivity index (χ4n) is 3.76. The molecule has 164 valence electrons. The highest BCUT2D eigenvalue weighted by Crippen LogP contribution is 2.36. The lowest BCUT2D eigenvalue weighted by molar-refractivity contribution is 0.0702. The molecular weight excluding hydrogens is 410 g/mol. The molecule has 1 aromatic heterocycles. The maximum absolute atomic E-state index is 13.7. The van der Waals surface area contributed by atoms with Gasteiger partial charge in [0.2, 0.25) is 0 Å². The summed E-state index contributed by atoms with van der Waals surface area (Å²) in [7, 11) is 0. The molecule has 0 radical (unpaired) electrons. The average Bonchev–Trinajstić information content (AvgIpc) is 3.12. The van der Waals surface area contributed by atoms with Gasteiger partial charge in [-0.25, -0.2) is 4.79 Å². The topological polar surface area (TPSA) is 77.8 Å². The van der Waals surface area contributed by atoms with E-state index in [1.54, 1.807) is 17.0 Å². The number of rotatable bonds is 4. The van der Waals surface area contributed by atoms with Gasteiger partial charge in [0.05, 0.1) is 16.7 Å². The second-order valence-corrected chi connectivity index (χ2v) is 10.1. The van der Waals surface area contributed by atoms with Crippen molar-refractivity contribution in [1.29, 1.82) is 0 Å². The van der Waals surface area contributed by atoms with Crippen molar-refractivity contribution in [2.45, 2.75) is 65.5 Å². The third kappa shape index (κ3) is 5.55. The molecule has 6 heteroatoms. The third-order valence-electron chi connectivity index (χ3n) is 5.35. The summed E-state index contributed by atoms with van der Waals surface area (Å²) in [6.45, 7) is 7.86. The first-order valence-electron chi connectivity index (χ1n) is 10.5. The largest absolute Gasteiger partial charge is 0.477 e. The van der Waals surface area contributed by atoms with Gasteiger partial charge >= 0.3 is 5.97 Å². The van der Waals surface area contributed by atoms with E-state index in [1.807, 2.05) is 45.9 Å². The minimum absolute atomic E-state index is 0.117. The van der Waals surface area contributed by atoms with Crippen molar-refractivity contribution in [3.05, 3.63) is 51.2 Å². The summed E-state index contributed by atoms with van der Waals surface area (Å²) in [4.78, 5) is 28.2. The van der Waals surface area contributed by atoms with Gasteiger partial charge in [-0.1, -0.05) is 30.0 Å². The Morgan fingerprint density at radius 3 is 2.35 bits per heavy atom. The standard InChI is InChI=1S/C25H29NO4S/c1-16-7-5-6-8-20(16)23(28)26(17-9-11-18(27)12-10-17)21-15-19(13-14-25(2,3)4)31-22(21)24(29)30/h5-8,15,17-18,27H,9-12H2,1-4H3,(H,29,30)/t17-,18-. The number of thiophene rings is 1. The van der Waals surface area contributed by atoms with Gasteiger partial charge in [0.25, 0.3) is 5.91 Å². The number of carbonyl (C=O) groups excluding carboxylic acids is 1. The highest BCUT2D eigenvalue weighted by atomic mass is 32.1. The summed E-state index contributed by atoms with van der Waals surface area (Å²) in [6.07, 6.45) is 2.05. The molecule has 0 unspecified atom stereocenters. The molecule has 5 nitrogen and oxygen atoms in total. The molecule has 1 aromatic carbocycles. The first-order valence-corrected chi connectivity index (χ1v) is 11.4. The lowest BCUT2D eigenvalue weighted by Crippen LogP contribution is -2.44. The van der Waals surface area contributed by atoms with Crippen LogP contribution in [0.2, 0.25) is 0 Å². The van der Waals surface area contributed by atoms with Crippen LogP contribution < -0.4 is 4.90 Å². The molecule has 0 spiro atoms. The number of benzene rings is 1. The maximum Gasteiger partial charge on any atom is 0.348 e. The quantitative estimate of drug-likeness (QED) is 0.650. The molecule has 1 amide bonds. The molecule has 31 heavy (non-hydrogen) atoms. The van der Waals surface area contributed by atoms with Crippen molar-refractivity contribution in [2.24, 2.45) is 5.41 Å². The summed E-state index contributed by atoms with van der Waals surface area (Å²) in [6, 6.07) is 8.90. The van der Waals surface area contributed by atoms with Gasteiger partial charge in [-0.2, -0.15) is 0 Å². The average molecular weight is 440 g/mol. The van der Waals surface area contributed by atoms with E-state index in [-0.39, 0.29) is 28.3 Å². The van der Waals surface area contributed by atoms with E-state index in [0.717, 1.165) is 16.9 Å². The Bertz CT molecular complexity index is 1030. The fourth-order valence-corrected chi connectivity index (χ4v) is 4.60. The molecule has 1 saturated carbocycles. The summed E-state index contributed by atoms with van der Waals surface area (Å²) >= 11 is 1.10. The molecule has 3 rings (SSSR count). The SMILES string of the molecule is Cc1ccccc1C(=O)N(c1cc(C#CC(C)(C)C)sc1C(=O)O)[C@H]1CC[C@H](O)CC1. The van der Waals surface area contributed by atoms with Gasteiger partial charge in [-0.15, -0.1) is 11.3 Å². The number of carbonyl (C=O) groups is 2. The number of carboxylic acids is 1. The minimum atomic E-state index is -1.07. The van der Waals surface area contributed by atoms with Crippen molar-refractivity contribution >= 4 is 28.9 Å². The Balaban J connectivity index is 2.11. The third-order valence-corrected chi connectivity index (χ3v) is 6.38. The molecule has 2 aromatic rings. The first-order chi connectivity index (χ1) is 14.6. The van der Waals surface area contributed by atoms with Crippen molar-refractivity contribution in [3.8, 4) is 11.8 Å². The number of hydrogen-bond donors (Lipinski definition) is 2. The number of aliphatic hydroxyl groups is 1. The zero-order chi connectivity index (χ0) is 22.8. The zero-order valence-corrected chi connectivity index (χ0v) is 19.3. The predicted octanol–water partition coefficient (Wildman–Crippen LogP) is 5.10. The molecule has 2 N–H and O–H groups in total. The number of anilines is 1. The van der Waals surface area contributed by atoms with Crippen LogP contribution >= 0.6 is 11.3 Å². The van der Waals surface area contributed by atoms with Crippen molar-refractivity contribution in [3.63, 3.8) is 0 Å². The summed E-state index contributed by atoms with van der Waals surface area (Å²) in [5, 5.41) is 19.8. The monoisotopic (exact) mass is 439 g/mol. The highest BCUT2D eigenvalue weighted by Gasteiger charge is 2.34. The smallest absolute Gasteiger partial charge is 0.348 e. The first kappa shape index (κ1) is 23.1. The number of aliphatic hydroxyl groups excluding tert-OH is 1. The lowest BCUT2D eigenvalue weighted by atomic mass is 9.91. The van der Waals surface area contributed by atoms with Crippen LogP contribution in [0.3, 0.4) is 0 Å². The van der Waals surface area contributed by atoms with Crippen molar-refractivity contribution < 1.29 is 19.8 Å². The van der Waals surface area contributed by atoms with E-state index in [2.05, 4.69) is 11.8 Å².